The summed E-state index contributed by atoms with van der Waals surface area (Å²) in [5.74, 6) is 0.470. The van der Waals surface area contributed by atoms with Gasteiger partial charge < -0.3 is 4.90 Å². The molecular weight excluding hydrogens is 214 g/mol. The van der Waals surface area contributed by atoms with Gasteiger partial charge in [-0.1, -0.05) is 0 Å². The van der Waals surface area contributed by atoms with Crippen LogP contribution in [0.4, 0.5) is 0 Å². The van der Waals surface area contributed by atoms with Crippen molar-refractivity contribution in [3.05, 3.63) is 0 Å². The Bertz CT molecular complexity index is 311. The van der Waals surface area contributed by atoms with Gasteiger partial charge in [-0.2, -0.15) is 5.26 Å². The van der Waals surface area contributed by atoms with Crippen molar-refractivity contribution >= 4 is 5.91 Å². The highest BCUT2D eigenvalue weighted by molar-refractivity contribution is 5.78. The predicted octanol–water partition coefficient (Wildman–Crippen LogP) is 1.23. The fourth-order valence-electron chi connectivity index (χ4n) is 2.53. The van der Waals surface area contributed by atoms with Gasteiger partial charge in [0.05, 0.1) is 12.6 Å². The van der Waals surface area contributed by atoms with E-state index >= 15 is 0 Å². The van der Waals surface area contributed by atoms with E-state index in [0.29, 0.717) is 12.6 Å². The number of carbonyl (C=O) groups excluding carboxylic acids is 1. The zero-order chi connectivity index (χ0) is 12.3. The number of amides is 1. The molecule has 1 saturated heterocycles. The van der Waals surface area contributed by atoms with E-state index in [9.17, 15) is 4.79 Å². The zero-order valence-electron chi connectivity index (χ0n) is 10.6. The molecule has 4 nitrogen and oxygen atoms in total. The first-order valence-corrected chi connectivity index (χ1v) is 6.66. The van der Waals surface area contributed by atoms with Crippen molar-refractivity contribution in [2.75, 3.05) is 26.2 Å². The molecule has 1 aliphatic heterocycles. The molecule has 2 aliphatic rings. The summed E-state index contributed by atoms with van der Waals surface area (Å²) in [6.45, 7) is 5.22. The van der Waals surface area contributed by atoms with Crippen LogP contribution in [0.1, 0.15) is 32.6 Å². The van der Waals surface area contributed by atoms with Gasteiger partial charge in [-0.15, -0.1) is 0 Å². The highest BCUT2D eigenvalue weighted by Gasteiger charge is 2.32. The number of hydrogen-bond acceptors (Lipinski definition) is 3. The maximum atomic E-state index is 12.1. The highest BCUT2D eigenvalue weighted by atomic mass is 16.2. The van der Waals surface area contributed by atoms with Gasteiger partial charge in [-0.05, 0) is 45.7 Å². The smallest absolute Gasteiger partial charge is 0.236 e. The minimum Gasteiger partial charge on any atom is -0.339 e. The van der Waals surface area contributed by atoms with Crippen LogP contribution in [0.25, 0.3) is 0 Å². The maximum absolute atomic E-state index is 12.1. The summed E-state index contributed by atoms with van der Waals surface area (Å²) in [5, 5.41) is 8.82. The summed E-state index contributed by atoms with van der Waals surface area (Å²) < 4.78 is 0. The Kier molecular flexibility index (Phi) is 4.01. The second-order valence-corrected chi connectivity index (χ2v) is 5.09. The fourth-order valence-corrected chi connectivity index (χ4v) is 2.53. The SMILES string of the molecule is CCN(C(=O)CN1CCC(C#N)CC1)C1CC1. The molecule has 2 fully saturated rings. The summed E-state index contributed by atoms with van der Waals surface area (Å²) in [6.07, 6.45) is 4.19. The van der Waals surface area contributed by atoms with E-state index in [4.69, 9.17) is 5.26 Å². The third-order valence-corrected chi connectivity index (χ3v) is 3.78. The van der Waals surface area contributed by atoms with E-state index in [1.807, 2.05) is 4.90 Å². The molecule has 0 spiro atoms. The number of likely N-dealkylation sites (tertiary alicyclic amines) is 1. The molecule has 0 radical (unpaired) electrons. The van der Waals surface area contributed by atoms with E-state index in [2.05, 4.69) is 17.9 Å². The van der Waals surface area contributed by atoms with Crippen molar-refractivity contribution in [2.24, 2.45) is 5.92 Å². The monoisotopic (exact) mass is 235 g/mol. The van der Waals surface area contributed by atoms with Crippen LogP contribution < -0.4 is 0 Å². The molecule has 0 atom stereocenters. The van der Waals surface area contributed by atoms with E-state index in [-0.39, 0.29) is 11.8 Å². The van der Waals surface area contributed by atoms with Crippen molar-refractivity contribution in [3.63, 3.8) is 0 Å². The lowest BCUT2D eigenvalue weighted by Crippen LogP contribution is -2.44. The number of carbonyl (C=O) groups is 1. The van der Waals surface area contributed by atoms with Crippen LogP contribution in [0.3, 0.4) is 0 Å². The van der Waals surface area contributed by atoms with Crippen molar-refractivity contribution in [2.45, 2.75) is 38.6 Å². The number of rotatable bonds is 4. The Labute approximate surface area is 103 Å². The van der Waals surface area contributed by atoms with Gasteiger partial charge in [0.1, 0.15) is 0 Å². The molecule has 4 heteroatoms. The molecule has 1 aliphatic carbocycles. The first kappa shape index (κ1) is 12.4. The minimum atomic E-state index is 0.201. The largest absolute Gasteiger partial charge is 0.339 e. The second-order valence-electron chi connectivity index (χ2n) is 5.09. The van der Waals surface area contributed by atoms with Crippen molar-refractivity contribution in [3.8, 4) is 6.07 Å². The number of hydrogen-bond donors (Lipinski definition) is 0. The molecule has 1 amide bonds. The minimum absolute atomic E-state index is 0.201. The average molecular weight is 235 g/mol. The van der Waals surface area contributed by atoms with E-state index in [0.717, 1.165) is 32.5 Å². The number of nitriles is 1. The topological polar surface area (TPSA) is 47.3 Å². The van der Waals surface area contributed by atoms with Gasteiger partial charge >= 0.3 is 0 Å². The lowest BCUT2D eigenvalue weighted by molar-refractivity contribution is -0.133. The predicted molar refractivity (Wildman–Crippen MR) is 65.2 cm³/mol. The standard InChI is InChI=1S/C13H21N3O/c1-2-16(12-3-4-12)13(17)10-15-7-5-11(9-14)6-8-15/h11-12H,2-8,10H2,1H3. The summed E-state index contributed by atoms with van der Waals surface area (Å²) >= 11 is 0. The second kappa shape index (κ2) is 5.50. The van der Waals surface area contributed by atoms with Crippen LogP contribution in [0, 0.1) is 17.2 Å². The molecule has 0 N–H and O–H groups in total. The molecule has 0 aromatic heterocycles. The normalized spacial score (nSPS) is 22.1. The summed E-state index contributed by atoms with van der Waals surface area (Å²) in [6, 6.07) is 2.84. The van der Waals surface area contributed by atoms with Gasteiger partial charge in [-0.3, -0.25) is 9.69 Å². The summed E-state index contributed by atoms with van der Waals surface area (Å²) in [4.78, 5) is 16.3. The highest BCUT2D eigenvalue weighted by Crippen LogP contribution is 2.27. The zero-order valence-corrected chi connectivity index (χ0v) is 10.6. The lowest BCUT2D eigenvalue weighted by atomic mass is 9.99. The molecule has 0 bridgehead atoms. The van der Waals surface area contributed by atoms with Gasteiger partial charge in [0.25, 0.3) is 0 Å². The Hall–Kier alpha value is -1.08. The molecule has 1 heterocycles. The molecule has 0 aromatic rings. The number of likely N-dealkylation sites (N-methyl/N-ethyl adjacent to an activating group) is 1. The van der Waals surface area contributed by atoms with Crippen LogP contribution in [-0.2, 0) is 4.79 Å². The summed E-state index contributed by atoms with van der Waals surface area (Å²) in [7, 11) is 0. The first-order chi connectivity index (χ1) is 8.24. The number of piperidine rings is 1. The Balaban J connectivity index is 1.77. The Morgan fingerprint density at radius 2 is 2.00 bits per heavy atom. The fraction of sp³-hybridized carbons (Fsp3) is 0.846. The van der Waals surface area contributed by atoms with Crippen molar-refractivity contribution < 1.29 is 4.79 Å². The molecule has 0 aromatic carbocycles. The van der Waals surface area contributed by atoms with Gasteiger partial charge in [0, 0.05) is 18.5 Å². The van der Waals surface area contributed by atoms with E-state index in [1.165, 1.54) is 12.8 Å². The van der Waals surface area contributed by atoms with Crippen LogP contribution >= 0.6 is 0 Å². The molecule has 0 unspecified atom stereocenters. The number of nitrogens with zero attached hydrogens (tertiary/aromatic N) is 3. The molecule has 2 rings (SSSR count). The maximum Gasteiger partial charge on any atom is 0.236 e. The van der Waals surface area contributed by atoms with E-state index < -0.39 is 0 Å². The Morgan fingerprint density at radius 1 is 1.35 bits per heavy atom. The van der Waals surface area contributed by atoms with Gasteiger partial charge in [0.15, 0.2) is 0 Å². The van der Waals surface area contributed by atoms with Gasteiger partial charge in [0.2, 0.25) is 5.91 Å². The molecule has 17 heavy (non-hydrogen) atoms. The average Bonchev–Trinajstić information content (AvgIpc) is 3.15. The van der Waals surface area contributed by atoms with Gasteiger partial charge in [-0.25, -0.2) is 0 Å². The van der Waals surface area contributed by atoms with Crippen molar-refractivity contribution in [1.82, 2.24) is 9.80 Å². The van der Waals surface area contributed by atoms with E-state index in [1.54, 1.807) is 0 Å². The quantitative estimate of drug-likeness (QED) is 0.736. The third kappa shape index (κ3) is 3.19. The molecule has 94 valence electrons. The lowest BCUT2D eigenvalue weighted by Gasteiger charge is -2.30. The van der Waals surface area contributed by atoms with Crippen LogP contribution in [0.5, 0.6) is 0 Å². The van der Waals surface area contributed by atoms with Crippen LogP contribution in [0.15, 0.2) is 0 Å². The Morgan fingerprint density at radius 3 is 2.47 bits per heavy atom. The van der Waals surface area contributed by atoms with Crippen LogP contribution in [0.2, 0.25) is 0 Å². The summed E-state index contributed by atoms with van der Waals surface area (Å²) in [5.41, 5.74) is 0. The molecular formula is C13H21N3O. The first-order valence-electron chi connectivity index (χ1n) is 6.66. The third-order valence-electron chi connectivity index (χ3n) is 3.78. The van der Waals surface area contributed by atoms with Crippen molar-refractivity contribution in [1.29, 1.82) is 5.26 Å². The van der Waals surface area contributed by atoms with Crippen LogP contribution in [-0.4, -0.2) is 47.9 Å². The molecule has 1 saturated carbocycles.